The highest BCUT2D eigenvalue weighted by Crippen LogP contribution is 2.40. The van der Waals surface area contributed by atoms with E-state index in [1.165, 1.54) is 29.0 Å². The predicted molar refractivity (Wildman–Crippen MR) is 165 cm³/mol. The standard InChI is InChI=1S/C31H36N6O5S/c1-19-15-17-36(31(19,5)6)27-21(28(38)35-43(40,41)25-12-9-16-33-26(25)32)13-14-22(34-27)24-18-20-10-7-8-11-23(20)37(24)29(39)42-30(2,3)4/h7-14,16,18-19H,15,17H2,1-6H3,(H2,32,33)(H,35,38). The van der Waals surface area contributed by atoms with E-state index < -0.39 is 33.2 Å². The molecule has 5 rings (SSSR count). The van der Waals surface area contributed by atoms with Crippen LogP contribution in [-0.4, -0.2) is 52.6 Å². The van der Waals surface area contributed by atoms with Gasteiger partial charge in [-0.2, -0.15) is 0 Å². The molecule has 1 unspecified atom stereocenters. The summed E-state index contributed by atoms with van der Waals surface area (Å²) in [7, 11) is -4.33. The lowest BCUT2D eigenvalue weighted by molar-refractivity contribution is 0.0547. The first-order valence-electron chi connectivity index (χ1n) is 14.0. The number of nitrogens with zero attached hydrogens (tertiary/aromatic N) is 4. The fraction of sp³-hybridized carbons (Fsp3) is 0.355. The maximum absolute atomic E-state index is 13.6. The predicted octanol–water partition coefficient (Wildman–Crippen LogP) is 5.21. The van der Waals surface area contributed by atoms with E-state index in [2.05, 4.69) is 30.5 Å². The minimum absolute atomic E-state index is 0.0666. The molecule has 0 aliphatic carbocycles. The average Bonchev–Trinajstić information content (AvgIpc) is 3.44. The van der Waals surface area contributed by atoms with E-state index in [9.17, 15) is 18.0 Å². The first-order valence-corrected chi connectivity index (χ1v) is 15.5. The van der Waals surface area contributed by atoms with E-state index in [0.717, 1.165) is 11.8 Å². The second-order valence-corrected chi connectivity index (χ2v) is 13.9. The van der Waals surface area contributed by atoms with Crippen LogP contribution in [0.25, 0.3) is 22.3 Å². The normalized spacial score (nSPS) is 16.8. The molecule has 4 aromatic rings. The van der Waals surface area contributed by atoms with E-state index in [0.29, 0.717) is 29.3 Å². The topological polar surface area (TPSA) is 150 Å². The molecule has 11 nitrogen and oxygen atoms in total. The fourth-order valence-corrected chi connectivity index (χ4v) is 6.34. The van der Waals surface area contributed by atoms with Gasteiger partial charge in [0.05, 0.1) is 22.5 Å². The Labute approximate surface area is 251 Å². The summed E-state index contributed by atoms with van der Waals surface area (Å²) in [5.41, 5.74) is 6.27. The number of para-hydroxylation sites is 1. The van der Waals surface area contributed by atoms with Gasteiger partial charge in [0, 0.05) is 23.7 Å². The molecule has 0 bridgehead atoms. The number of ether oxygens (including phenoxy) is 1. The zero-order valence-electron chi connectivity index (χ0n) is 25.1. The minimum atomic E-state index is -4.33. The highest BCUT2D eigenvalue weighted by Gasteiger charge is 2.41. The zero-order chi connectivity index (χ0) is 31.3. The lowest BCUT2D eigenvalue weighted by Gasteiger charge is -2.36. The van der Waals surface area contributed by atoms with Crippen LogP contribution in [0.3, 0.4) is 0 Å². The van der Waals surface area contributed by atoms with Crippen LogP contribution in [-0.2, 0) is 14.8 Å². The summed E-state index contributed by atoms with van der Waals surface area (Å²) in [5.74, 6) is -0.512. The molecule has 43 heavy (non-hydrogen) atoms. The molecule has 226 valence electrons. The fourth-order valence-electron chi connectivity index (χ4n) is 5.29. The number of nitrogen functional groups attached to an aromatic ring is 1. The Bertz CT molecular complexity index is 1840. The van der Waals surface area contributed by atoms with E-state index in [1.807, 2.05) is 35.2 Å². The summed E-state index contributed by atoms with van der Waals surface area (Å²) >= 11 is 0. The van der Waals surface area contributed by atoms with Gasteiger partial charge in [0.2, 0.25) is 0 Å². The number of carbonyl (C=O) groups excluding carboxylic acids is 2. The molecule has 1 aliphatic heterocycles. The SMILES string of the molecule is CC1CCN(c2nc(-c3cc4ccccc4n3C(=O)OC(C)(C)C)ccc2C(=O)NS(=O)(=O)c2cccnc2N)C1(C)C. The number of rotatable bonds is 5. The Morgan fingerprint density at radius 2 is 1.81 bits per heavy atom. The molecule has 1 amide bonds. The van der Waals surface area contributed by atoms with Crippen LogP contribution in [0.2, 0.25) is 0 Å². The van der Waals surface area contributed by atoms with Crippen molar-refractivity contribution >= 4 is 44.6 Å². The van der Waals surface area contributed by atoms with Crippen LogP contribution in [0.5, 0.6) is 0 Å². The maximum Gasteiger partial charge on any atom is 0.419 e. The average molecular weight is 605 g/mol. The summed E-state index contributed by atoms with van der Waals surface area (Å²) in [6.07, 6.45) is 1.65. The molecule has 0 saturated carbocycles. The summed E-state index contributed by atoms with van der Waals surface area (Å²) in [4.78, 5) is 37.6. The van der Waals surface area contributed by atoms with Crippen molar-refractivity contribution in [1.29, 1.82) is 0 Å². The third kappa shape index (κ3) is 5.66. The second-order valence-electron chi connectivity index (χ2n) is 12.3. The molecule has 12 heteroatoms. The van der Waals surface area contributed by atoms with Crippen LogP contribution < -0.4 is 15.4 Å². The molecule has 1 fully saturated rings. The molecule has 1 aromatic carbocycles. The number of carbonyl (C=O) groups is 2. The molecule has 3 N–H and O–H groups in total. The van der Waals surface area contributed by atoms with E-state index in [4.69, 9.17) is 15.5 Å². The number of hydrogen-bond donors (Lipinski definition) is 2. The van der Waals surface area contributed by atoms with Crippen LogP contribution >= 0.6 is 0 Å². The molecule has 3 aromatic heterocycles. The van der Waals surface area contributed by atoms with E-state index >= 15 is 0 Å². The lowest BCUT2D eigenvalue weighted by atomic mass is 9.90. The third-order valence-corrected chi connectivity index (χ3v) is 9.31. The van der Waals surface area contributed by atoms with Crippen LogP contribution in [0.1, 0.15) is 58.3 Å². The van der Waals surface area contributed by atoms with Crippen molar-refractivity contribution in [3.05, 3.63) is 66.4 Å². The Hall–Kier alpha value is -4.45. The first-order chi connectivity index (χ1) is 20.1. The van der Waals surface area contributed by atoms with Crippen LogP contribution in [0.4, 0.5) is 16.4 Å². The van der Waals surface area contributed by atoms with Gasteiger partial charge in [-0.15, -0.1) is 0 Å². The van der Waals surface area contributed by atoms with Crippen molar-refractivity contribution < 1.29 is 22.7 Å². The number of nitrogens with one attached hydrogen (secondary N) is 1. The molecular weight excluding hydrogens is 568 g/mol. The van der Waals surface area contributed by atoms with Gasteiger partial charge in [-0.1, -0.05) is 25.1 Å². The quantitative estimate of drug-likeness (QED) is 0.313. The highest BCUT2D eigenvalue weighted by atomic mass is 32.2. The number of sulfonamides is 1. The van der Waals surface area contributed by atoms with Crippen LogP contribution in [0.15, 0.2) is 65.7 Å². The highest BCUT2D eigenvalue weighted by molar-refractivity contribution is 7.90. The summed E-state index contributed by atoms with van der Waals surface area (Å²) in [6.45, 7) is 12.2. The second kappa shape index (κ2) is 10.7. The van der Waals surface area contributed by atoms with Crippen LogP contribution in [0, 0.1) is 5.92 Å². The van der Waals surface area contributed by atoms with Crippen molar-refractivity contribution in [3.63, 3.8) is 0 Å². The summed E-state index contributed by atoms with van der Waals surface area (Å²) < 4.78 is 35.6. The van der Waals surface area contributed by atoms with E-state index in [-0.39, 0.29) is 22.2 Å². The Morgan fingerprint density at radius 3 is 2.47 bits per heavy atom. The summed E-state index contributed by atoms with van der Waals surface area (Å²) in [6, 6.07) is 15.1. The Morgan fingerprint density at radius 1 is 1.09 bits per heavy atom. The van der Waals surface area contributed by atoms with Crippen molar-refractivity contribution in [2.24, 2.45) is 5.92 Å². The molecule has 4 heterocycles. The van der Waals surface area contributed by atoms with Gasteiger partial charge in [0.25, 0.3) is 15.9 Å². The van der Waals surface area contributed by atoms with E-state index in [1.54, 1.807) is 26.8 Å². The number of aromatic nitrogens is 3. The first kappa shape index (κ1) is 30.0. The smallest absolute Gasteiger partial charge is 0.419 e. The van der Waals surface area contributed by atoms with Gasteiger partial charge in [0.15, 0.2) is 0 Å². The number of benzene rings is 1. The minimum Gasteiger partial charge on any atom is -0.443 e. The molecular formula is C31H36N6O5S. The number of fused-ring (bicyclic) bond motifs is 1. The number of pyridine rings is 2. The third-order valence-electron chi connectivity index (χ3n) is 7.93. The van der Waals surface area contributed by atoms with Gasteiger partial charge >= 0.3 is 6.09 Å². The largest absolute Gasteiger partial charge is 0.443 e. The Kier molecular flexibility index (Phi) is 7.45. The number of amides is 1. The van der Waals surface area contributed by atoms with Crippen molar-refractivity contribution in [2.75, 3.05) is 17.2 Å². The van der Waals surface area contributed by atoms with Gasteiger partial charge in [-0.3, -0.25) is 4.79 Å². The van der Waals surface area contributed by atoms with Gasteiger partial charge in [-0.05, 0) is 83.4 Å². The van der Waals surface area contributed by atoms with Crippen molar-refractivity contribution in [1.82, 2.24) is 19.3 Å². The molecule has 0 radical (unpaired) electrons. The maximum atomic E-state index is 13.6. The van der Waals surface area contributed by atoms with Gasteiger partial charge in [0.1, 0.15) is 22.1 Å². The summed E-state index contributed by atoms with van der Waals surface area (Å²) in [5, 5.41) is 0.809. The zero-order valence-corrected chi connectivity index (χ0v) is 25.9. The number of anilines is 2. The molecule has 1 atom stereocenters. The lowest BCUT2D eigenvalue weighted by Crippen LogP contribution is -2.43. The van der Waals surface area contributed by atoms with Crippen molar-refractivity contribution in [3.8, 4) is 11.4 Å². The number of nitrogens with two attached hydrogens (primary N) is 1. The molecule has 1 aliphatic rings. The van der Waals surface area contributed by atoms with Crippen molar-refractivity contribution in [2.45, 2.75) is 64.0 Å². The molecule has 1 saturated heterocycles. The molecule has 0 spiro atoms. The Balaban J connectivity index is 1.65. The number of hydrogen-bond acceptors (Lipinski definition) is 9. The monoisotopic (exact) mass is 604 g/mol. The van der Waals surface area contributed by atoms with Gasteiger partial charge in [-0.25, -0.2) is 32.5 Å². The van der Waals surface area contributed by atoms with Gasteiger partial charge < -0.3 is 15.4 Å².